The molecule has 0 aliphatic heterocycles. The van der Waals surface area contributed by atoms with Crippen molar-refractivity contribution in [1.82, 2.24) is 14.5 Å². The van der Waals surface area contributed by atoms with Crippen LogP contribution in [0.5, 0.6) is 0 Å². The molecule has 2 heterocycles. The van der Waals surface area contributed by atoms with E-state index in [1.54, 1.807) is 12.4 Å². The Morgan fingerprint density at radius 2 is 2.42 bits per heavy atom. The first kappa shape index (κ1) is 12.5. The predicted molar refractivity (Wildman–Crippen MR) is 73.2 cm³/mol. The molecule has 1 fully saturated rings. The molecule has 2 aromatic rings. The maximum absolute atomic E-state index is 10.7. The second-order valence-electron chi connectivity index (χ2n) is 5.02. The van der Waals surface area contributed by atoms with Crippen LogP contribution in [0.4, 0.5) is 0 Å². The monoisotopic (exact) mass is 277 g/mol. The van der Waals surface area contributed by atoms with Gasteiger partial charge in [0.05, 0.1) is 17.5 Å². The normalized spacial score (nSPS) is 21.7. The third kappa shape index (κ3) is 2.58. The van der Waals surface area contributed by atoms with Crippen LogP contribution >= 0.6 is 11.8 Å². The molecule has 0 radical (unpaired) electrons. The van der Waals surface area contributed by atoms with E-state index >= 15 is 0 Å². The minimum Gasteiger partial charge on any atom is -0.481 e. The van der Waals surface area contributed by atoms with E-state index in [9.17, 15) is 4.79 Å². The maximum atomic E-state index is 10.7. The lowest BCUT2D eigenvalue weighted by atomic mass is 10.3. The van der Waals surface area contributed by atoms with Gasteiger partial charge in [0, 0.05) is 12.7 Å². The zero-order chi connectivity index (χ0) is 13.4. The number of carboxylic acids is 1. The third-order valence-electron chi connectivity index (χ3n) is 3.53. The smallest absolute Gasteiger partial charge is 0.313 e. The number of fused-ring (bicyclic) bond motifs is 1. The van der Waals surface area contributed by atoms with Crippen molar-refractivity contribution in [2.45, 2.75) is 25.0 Å². The molecule has 6 heteroatoms. The van der Waals surface area contributed by atoms with E-state index < -0.39 is 5.97 Å². The molecule has 3 rings (SSSR count). The van der Waals surface area contributed by atoms with Crippen molar-refractivity contribution < 1.29 is 9.90 Å². The molecule has 1 aliphatic rings. The highest BCUT2D eigenvalue weighted by Crippen LogP contribution is 2.40. The number of aromatic nitrogens is 3. The van der Waals surface area contributed by atoms with Gasteiger partial charge in [0.1, 0.15) is 5.52 Å². The average Bonchev–Trinajstić information content (AvgIpc) is 2.96. The fourth-order valence-electron chi connectivity index (χ4n) is 2.26. The molecule has 2 atom stereocenters. The molecule has 1 aliphatic carbocycles. The van der Waals surface area contributed by atoms with Gasteiger partial charge in [-0.2, -0.15) is 0 Å². The van der Waals surface area contributed by atoms with Crippen LogP contribution in [0.3, 0.4) is 0 Å². The summed E-state index contributed by atoms with van der Waals surface area (Å²) in [7, 11) is 0. The zero-order valence-electron chi connectivity index (χ0n) is 10.6. The number of rotatable bonds is 5. The first-order valence-corrected chi connectivity index (χ1v) is 7.28. The summed E-state index contributed by atoms with van der Waals surface area (Å²) in [5.74, 6) is 0.671. The second-order valence-corrected chi connectivity index (χ2v) is 5.97. The van der Waals surface area contributed by atoms with E-state index in [0.29, 0.717) is 5.92 Å². The van der Waals surface area contributed by atoms with Gasteiger partial charge in [0.25, 0.3) is 0 Å². The molecule has 0 bridgehead atoms. The summed E-state index contributed by atoms with van der Waals surface area (Å²) < 4.78 is 2.14. The molecule has 0 amide bonds. The van der Waals surface area contributed by atoms with Crippen LogP contribution in [0.15, 0.2) is 23.6 Å². The number of nitrogens with zero attached hydrogens (tertiary/aromatic N) is 3. The van der Waals surface area contributed by atoms with Crippen molar-refractivity contribution in [3.8, 4) is 0 Å². The molecule has 2 unspecified atom stereocenters. The average molecular weight is 277 g/mol. The highest BCUT2D eigenvalue weighted by atomic mass is 32.2. The predicted octanol–water partition coefficient (Wildman–Crippen LogP) is 2.26. The van der Waals surface area contributed by atoms with Gasteiger partial charge >= 0.3 is 5.97 Å². The van der Waals surface area contributed by atoms with Crippen LogP contribution < -0.4 is 0 Å². The van der Waals surface area contributed by atoms with Crippen LogP contribution in [0, 0.1) is 11.8 Å². The van der Waals surface area contributed by atoms with E-state index in [2.05, 4.69) is 21.5 Å². The molecule has 5 nitrogen and oxygen atoms in total. The number of carboxylic acid groups (broad SMARTS) is 1. The molecular weight excluding hydrogens is 262 g/mol. The number of carbonyl (C=O) groups is 1. The third-order valence-corrected chi connectivity index (χ3v) is 4.49. The molecule has 19 heavy (non-hydrogen) atoms. The number of hydrogen-bond acceptors (Lipinski definition) is 4. The van der Waals surface area contributed by atoms with Gasteiger partial charge in [-0.3, -0.25) is 9.78 Å². The van der Waals surface area contributed by atoms with E-state index in [4.69, 9.17) is 5.11 Å². The molecule has 1 N–H and O–H groups in total. The quantitative estimate of drug-likeness (QED) is 0.849. The second kappa shape index (κ2) is 4.85. The Balaban J connectivity index is 1.93. The minimum absolute atomic E-state index is 0.0387. The van der Waals surface area contributed by atoms with Crippen molar-refractivity contribution in [3.05, 3.63) is 18.5 Å². The van der Waals surface area contributed by atoms with Crippen LogP contribution in [0.1, 0.15) is 13.3 Å². The largest absolute Gasteiger partial charge is 0.481 e. The van der Waals surface area contributed by atoms with Gasteiger partial charge in [0.15, 0.2) is 5.16 Å². The van der Waals surface area contributed by atoms with E-state index in [0.717, 1.165) is 28.7 Å². The van der Waals surface area contributed by atoms with E-state index in [1.807, 2.05) is 6.07 Å². The molecule has 1 saturated carbocycles. The summed E-state index contributed by atoms with van der Waals surface area (Å²) in [6.45, 7) is 3.17. The van der Waals surface area contributed by atoms with Crippen LogP contribution in [-0.4, -0.2) is 31.4 Å². The Morgan fingerprint density at radius 3 is 3.11 bits per heavy atom. The first-order valence-electron chi connectivity index (χ1n) is 6.30. The van der Waals surface area contributed by atoms with Crippen molar-refractivity contribution in [2.75, 3.05) is 5.75 Å². The van der Waals surface area contributed by atoms with Gasteiger partial charge in [-0.1, -0.05) is 18.7 Å². The van der Waals surface area contributed by atoms with Crippen molar-refractivity contribution in [3.63, 3.8) is 0 Å². The van der Waals surface area contributed by atoms with Gasteiger partial charge in [-0.25, -0.2) is 4.98 Å². The highest BCUT2D eigenvalue weighted by Gasteiger charge is 2.33. The lowest BCUT2D eigenvalue weighted by Crippen LogP contribution is -2.05. The Bertz CT molecular complexity index is 625. The number of hydrogen-bond donors (Lipinski definition) is 1. The Hall–Kier alpha value is -1.56. The van der Waals surface area contributed by atoms with Crippen molar-refractivity contribution in [1.29, 1.82) is 0 Å². The molecule has 0 spiro atoms. The zero-order valence-corrected chi connectivity index (χ0v) is 11.4. The summed E-state index contributed by atoms with van der Waals surface area (Å²) in [5, 5.41) is 9.59. The van der Waals surface area contributed by atoms with Crippen LogP contribution in [0.2, 0.25) is 0 Å². The molecule has 100 valence electrons. The fourth-order valence-corrected chi connectivity index (χ4v) is 3.00. The van der Waals surface area contributed by atoms with Gasteiger partial charge in [-0.05, 0) is 24.3 Å². The molecule has 2 aromatic heterocycles. The lowest BCUT2D eigenvalue weighted by molar-refractivity contribution is -0.133. The molecule has 0 aromatic carbocycles. The minimum atomic E-state index is -0.818. The number of pyridine rings is 1. The van der Waals surface area contributed by atoms with Gasteiger partial charge in [0.2, 0.25) is 0 Å². The summed E-state index contributed by atoms with van der Waals surface area (Å²) in [4.78, 5) is 19.3. The Kier molecular flexibility index (Phi) is 3.18. The SMILES string of the molecule is CC1CC1Cn1c(SCC(=O)O)nc2cnccc21. The lowest BCUT2D eigenvalue weighted by Gasteiger charge is -2.07. The molecular formula is C13H15N3O2S. The number of thioether (sulfide) groups is 1. The van der Waals surface area contributed by atoms with Crippen molar-refractivity contribution >= 4 is 28.8 Å². The number of aliphatic carboxylic acids is 1. The highest BCUT2D eigenvalue weighted by molar-refractivity contribution is 7.99. The van der Waals surface area contributed by atoms with Crippen LogP contribution in [0.25, 0.3) is 11.0 Å². The summed E-state index contributed by atoms with van der Waals surface area (Å²) >= 11 is 1.28. The summed E-state index contributed by atoms with van der Waals surface area (Å²) in [5.41, 5.74) is 1.88. The summed E-state index contributed by atoms with van der Waals surface area (Å²) in [6.07, 6.45) is 4.73. The van der Waals surface area contributed by atoms with Crippen molar-refractivity contribution in [2.24, 2.45) is 11.8 Å². The van der Waals surface area contributed by atoms with Crippen LogP contribution in [-0.2, 0) is 11.3 Å². The maximum Gasteiger partial charge on any atom is 0.313 e. The number of imidazole rings is 1. The molecule has 0 saturated heterocycles. The van der Waals surface area contributed by atoms with E-state index in [1.165, 1.54) is 18.2 Å². The Labute approximate surface area is 115 Å². The van der Waals surface area contributed by atoms with E-state index in [-0.39, 0.29) is 5.75 Å². The summed E-state index contributed by atoms with van der Waals surface area (Å²) in [6, 6.07) is 1.94. The topological polar surface area (TPSA) is 68.0 Å². The van der Waals surface area contributed by atoms with Gasteiger partial charge < -0.3 is 9.67 Å². The Morgan fingerprint density at radius 1 is 1.63 bits per heavy atom. The standard InChI is InChI=1S/C13H15N3O2S/c1-8-4-9(8)6-16-11-2-3-14-5-10(11)15-13(16)19-7-12(17)18/h2-3,5,8-9H,4,6-7H2,1H3,(H,17,18). The first-order chi connectivity index (χ1) is 9.15. The fraction of sp³-hybridized carbons (Fsp3) is 0.462. The van der Waals surface area contributed by atoms with Gasteiger partial charge in [-0.15, -0.1) is 0 Å².